The van der Waals surface area contributed by atoms with Crippen LogP contribution in [0.25, 0.3) is 6.08 Å². The number of amides is 1. The number of nitro groups is 1. The lowest BCUT2D eigenvalue weighted by atomic mass is 10.2. The molecule has 0 aliphatic rings. The third kappa shape index (κ3) is 5.41. The van der Waals surface area contributed by atoms with Crippen LogP contribution < -0.4 is 10.6 Å². The minimum absolute atomic E-state index is 0.0171. The molecule has 2 aromatic carbocycles. The number of rotatable bonds is 4. The van der Waals surface area contributed by atoms with Crippen LogP contribution in [0.2, 0.25) is 10.0 Å². The van der Waals surface area contributed by atoms with E-state index in [2.05, 4.69) is 10.6 Å². The highest BCUT2D eigenvalue weighted by molar-refractivity contribution is 7.80. The molecule has 26 heavy (non-hydrogen) atoms. The molecule has 0 radical (unpaired) electrons. The number of thiocarbonyl (C=S) groups is 1. The molecule has 7 nitrogen and oxygen atoms in total. The normalized spacial score (nSPS) is 10.5. The molecule has 0 aromatic heterocycles. The summed E-state index contributed by atoms with van der Waals surface area (Å²) in [5.74, 6) is -0.793. The van der Waals surface area contributed by atoms with Gasteiger partial charge in [-0.15, -0.1) is 0 Å². The van der Waals surface area contributed by atoms with Crippen LogP contribution in [0.1, 0.15) is 5.56 Å². The third-order valence-electron chi connectivity index (χ3n) is 3.02. The van der Waals surface area contributed by atoms with E-state index in [0.29, 0.717) is 11.3 Å². The van der Waals surface area contributed by atoms with E-state index in [1.807, 2.05) is 0 Å². The Morgan fingerprint density at radius 1 is 1.23 bits per heavy atom. The summed E-state index contributed by atoms with van der Waals surface area (Å²) in [6.07, 6.45) is 2.60. The van der Waals surface area contributed by atoms with Crippen LogP contribution in [0.5, 0.6) is 5.75 Å². The molecule has 0 fully saturated rings. The lowest BCUT2D eigenvalue weighted by molar-refractivity contribution is -0.384. The number of nitro benzene ring substituents is 1. The maximum atomic E-state index is 11.9. The van der Waals surface area contributed by atoms with E-state index in [4.69, 9.17) is 35.4 Å². The van der Waals surface area contributed by atoms with Gasteiger partial charge in [0, 0.05) is 23.9 Å². The molecule has 0 spiro atoms. The highest BCUT2D eigenvalue weighted by atomic mass is 35.5. The maximum Gasteiger partial charge on any atom is 0.270 e. The Balaban J connectivity index is 1.98. The zero-order chi connectivity index (χ0) is 19.3. The minimum Gasteiger partial charge on any atom is -0.505 e. The summed E-state index contributed by atoms with van der Waals surface area (Å²) in [4.78, 5) is 22.1. The van der Waals surface area contributed by atoms with E-state index in [0.717, 1.165) is 0 Å². The number of anilines is 1. The van der Waals surface area contributed by atoms with Gasteiger partial charge in [0.15, 0.2) is 10.9 Å². The van der Waals surface area contributed by atoms with E-state index < -0.39 is 10.8 Å². The zero-order valence-corrected chi connectivity index (χ0v) is 15.2. The summed E-state index contributed by atoms with van der Waals surface area (Å²) in [7, 11) is 0. The van der Waals surface area contributed by atoms with E-state index in [1.54, 1.807) is 6.07 Å². The van der Waals surface area contributed by atoms with Gasteiger partial charge in [0.1, 0.15) is 0 Å². The summed E-state index contributed by atoms with van der Waals surface area (Å²) in [5.41, 5.74) is 0.793. The molecule has 1 amide bonds. The van der Waals surface area contributed by atoms with Gasteiger partial charge in [-0.1, -0.05) is 35.3 Å². The van der Waals surface area contributed by atoms with Crippen molar-refractivity contribution < 1.29 is 14.8 Å². The number of carbonyl (C=O) groups excluding carboxylic acids is 1. The smallest absolute Gasteiger partial charge is 0.270 e. The number of hydrogen-bond acceptors (Lipinski definition) is 5. The van der Waals surface area contributed by atoms with Gasteiger partial charge in [-0.3, -0.25) is 20.2 Å². The van der Waals surface area contributed by atoms with Crippen molar-refractivity contribution in [3.05, 3.63) is 68.2 Å². The van der Waals surface area contributed by atoms with Crippen molar-refractivity contribution >= 4 is 63.9 Å². The van der Waals surface area contributed by atoms with Crippen LogP contribution in [0.3, 0.4) is 0 Å². The van der Waals surface area contributed by atoms with Crippen LogP contribution in [-0.2, 0) is 4.79 Å². The maximum absolute atomic E-state index is 11.9. The largest absolute Gasteiger partial charge is 0.505 e. The quantitative estimate of drug-likeness (QED) is 0.229. The minimum atomic E-state index is -0.537. The molecule has 0 aliphatic carbocycles. The van der Waals surface area contributed by atoms with Gasteiger partial charge >= 0.3 is 0 Å². The molecule has 10 heteroatoms. The summed E-state index contributed by atoms with van der Waals surface area (Å²) >= 11 is 16.6. The topological polar surface area (TPSA) is 104 Å². The van der Waals surface area contributed by atoms with Crippen LogP contribution in [-0.4, -0.2) is 21.0 Å². The Hall–Kier alpha value is -2.68. The molecule has 2 rings (SSSR count). The molecule has 0 bridgehead atoms. The van der Waals surface area contributed by atoms with Crippen molar-refractivity contribution in [2.24, 2.45) is 0 Å². The van der Waals surface area contributed by atoms with Gasteiger partial charge in [-0.25, -0.2) is 0 Å². The number of carbonyl (C=O) groups is 1. The highest BCUT2D eigenvalue weighted by Gasteiger charge is 2.09. The summed E-state index contributed by atoms with van der Waals surface area (Å²) in [5, 5.41) is 25.4. The number of phenols is 1. The predicted molar refractivity (Wildman–Crippen MR) is 105 cm³/mol. The molecule has 2 aromatic rings. The first-order valence-corrected chi connectivity index (χ1v) is 8.15. The van der Waals surface area contributed by atoms with Crippen molar-refractivity contribution in [3.63, 3.8) is 0 Å². The second kappa shape index (κ2) is 8.61. The van der Waals surface area contributed by atoms with Gasteiger partial charge in [0.25, 0.3) is 5.69 Å². The van der Waals surface area contributed by atoms with Crippen molar-refractivity contribution in [2.45, 2.75) is 0 Å². The Labute approximate surface area is 163 Å². The van der Waals surface area contributed by atoms with Gasteiger partial charge in [0.05, 0.1) is 15.0 Å². The second-order valence-corrected chi connectivity index (χ2v) is 6.14. The monoisotopic (exact) mass is 411 g/mol. The van der Waals surface area contributed by atoms with Crippen LogP contribution in [0, 0.1) is 10.1 Å². The lowest BCUT2D eigenvalue weighted by Crippen LogP contribution is -2.32. The van der Waals surface area contributed by atoms with Gasteiger partial charge in [-0.2, -0.15) is 0 Å². The molecular weight excluding hydrogens is 401 g/mol. The number of non-ortho nitro benzene ring substituents is 1. The average Bonchev–Trinajstić information content (AvgIpc) is 2.58. The first kappa shape index (κ1) is 19.6. The number of nitrogens with zero attached hydrogens (tertiary/aromatic N) is 1. The first-order valence-electron chi connectivity index (χ1n) is 6.99. The summed E-state index contributed by atoms with van der Waals surface area (Å²) in [6, 6.07) is 8.60. The van der Waals surface area contributed by atoms with E-state index in [9.17, 15) is 20.0 Å². The van der Waals surface area contributed by atoms with Gasteiger partial charge < -0.3 is 10.4 Å². The lowest BCUT2D eigenvalue weighted by Gasteiger charge is -2.10. The molecule has 0 saturated heterocycles. The molecule has 0 heterocycles. The molecule has 0 atom stereocenters. The Morgan fingerprint density at radius 2 is 1.88 bits per heavy atom. The third-order valence-corrected chi connectivity index (χ3v) is 3.80. The fourth-order valence-electron chi connectivity index (χ4n) is 1.87. The number of benzene rings is 2. The van der Waals surface area contributed by atoms with Crippen molar-refractivity contribution in [1.82, 2.24) is 5.32 Å². The molecule has 0 unspecified atom stereocenters. The fraction of sp³-hybridized carbons (Fsp3) is 0. The van der Waals surface area contributed by atoms with Crippen LogP contribution in [0.4, 0.5) is 11.4 Å². The second-order valence-electron chi connectivity index (χ2n) is 4.92. The SMILES string of the molecule is O=C(C=Cc1cccc([N+](=O)[O-])c1)NC(=S)Nc1cc(Cl)c(O)c(Cl)c1. The number of halogens is 2. The summed E-state index contributed by atoms with van der Waals surface area (Å²) in [6.45, 7) is 0. The van der Waals surface area contributed by atoms with Crippen LogP contribution in [0.15, 0.2) is 42.5 Å². The molecule has 134 valence electrons. The van der Waals surface area contributed by atoms with Gasteiger partial charge in [-0.05, 0) is 36.0 Å². The van der Waals surface area contributed by atoms with E-state index >= 15 is 0 Å². The predicted octanol–water partition coefficient (Wildman–Crippen LogP) is 4.13. The van der Waals surface area contributed by atoms with E-state index in [1.165, 1.54) is 42.5 Å². The average molecular weight is 412 g/mol. The van der Waals surface area contributed by atoms with Gasteiger partial charge in [0.2, 0.25) is 5.91 Å². The molecule has 0 saturated carbocycles. The standard InChI is InChI=1S/C16H11Cl2N3O4S/c17-12-7-10(8-13(18)15(12)23)19-16(26)20-14(22)5-4-9-2-1-3-11(6-9)21(24)25/h1-8,23H,(H2,19,20,22,26). The Bertz CT molecular complexity index is 895. The van der Waals surface area contributed by atoms with E-state index in [-0.39, 0.29) is 26.6 Å². The summed E-state index contributed by atoms with van der Waals surface area (Å²) < 4.78 is 0. The molecular formula is C16H11Cl2N3O4S. The number of phenolic OH excluding ortho intramolecular Hbond substituents is 1. The zero-order valence-electron chi connectivity index (χ0n) is 12.9. The Morgan fingerprint density at radius 3 is 2.50 bits per heavy atom. The number of hydrogen-bond donors (Lipinski definition) is 3. The fourth-order valence-corrected chi connectivity index (χ4v) is 2.57. The Kier molecular flexibility index (Phi) is 6.51. The van der Waals surface area contributed by atoms with Crippen LogP contribution >= 0.6 is 35.4 Å². The van der Waals surface area contributed by atoms with Crippen molar-refractivity contribution in [2.75, 3.05) is 5.32 Å². The highest BCUT2D eigenvalue weighted by Crippen LogP contribution is 2.34. The number of aromatic hydroxyl groups is 1. The first-order chi connectivity index (χ1) is 12.3. The number of nitrogens with one attached hydrogen (secondary N) is 2. The molecule has 3 N–H and O–H groups in total. The van der Waals surface area contributed by atoms with Crippen molar-refractivity contribution in [1.29, 1.82) is 0 Å². The molecule has 0 aliphatic heterocycles. The van der Waals surface area contributed by atoms with Crippen molar-refractivity contribution in [3.8, 4) is 5.75 Å².